The first-order valence-corrected chi connectivity index (χ1v) is 4.09. The summed E-state index contributed by atoms with van der Waals surface area (Å²) in [4.78, 5) is 7.86. The molecule has 0 atom stereocenters. The van der Waals surface area contributed by atoms with E-state index in [-0.39, 0.29) is 0 Å². The largest absolute Gasteiger partial charge is 0.435 e. The van der Waals surface area contributed by atoms with Crippen molar-refractivity contribution in [3.8, 4) is 5.88 Å². The number of hydrogen-bond acceptors (Lipinski definition) is 4. The summed E-state index contributed by atoms with van der Waals surface area (Å²) in [6.45, 7) is 7.31. The van der Waals surface area contributed by atoms with Gasteiger partial charge < -0.3 is 10.1 Å². The molecule has 0 unspecified atom stereocenters. The Bertz CT molecular complexity index is 384. The van der Waals surface area contributed by atoms with E-state index in [2.05, 4.69) is 28.4 Å². The zero-order valence-corrected chi connectivity index (χ0v) is 7.53. The normalized spacial score (nSPS) is 13.7. The van der Waals surface area contributed by atoms with Crippen LogP contribution in [0.2, 0.25) is 0 Å². The molecule has 0 aliphatic carbocycles. The van der Waals surface area contributed by atoms with Crippen molar-refractivity contribution < 1.29 is 4.74 Å². The van der Waals surface area contributed by atoms with Crippen LogP contribution in [0.15, 0.2) is 49.3 Å². The number of rotatable bonds is 2. The molecule has 1 N–H and O–H groups in total. The first kappa shape index (κ1) is 8.50. The van der Waals surface area contributed by atoms with Crippen LogP contribution in [0.1, 0.15) is 0 Å². The summed E-state index contributed by atoms with van der Waals surface area (Å²) >= 11 is 0. The lowest BCUT2D eigenvalue weighted by atomic mass is 10.3. The molecule has 70 valence electrons. The van der Waals surface area contributed by atoms with Crippen molar-refractivity contribution in [1.29, 1.82) is 0 Å². The van der Waals surface area contributed by atoms with Crippen molar-refractivity contribution in [1.82, 2.24) is 9.97 Å². The van der Waals surface area contributed by atoms with Crippen LogP contribution in [-0.2, 0) is 0 Å². The van der Waals surface area contributed by atoms with Crippen molar-refractivity contribution in [2.24, 2.45) is 0 Å². The average Bonchev–Trinajstić information content (AvgIpc) is 2.27. The minimum Gasteiger partial charge on any atom is -0.435 e. The van der Waals surface area contributed by atoms with Gasteiger partial charge in [0.25, 0.3) is 0 Å². The van der Waals surface area contributed by atoms with E-state index in [4.69, 9.17) is 4.74 Å². The van der Waals surface area contributed by atoms with Crippen molar-refractivity contribution >= 4 is 5.69 Å². The van der Waals surface area contributed by atoms with E-state index in [9.17, 15) is 0 Å². The van der Waals surface area contributed by atoms with E-state index < -0.39 is 0 Å². The summed E-state index contributed by atoms with van der Waals surface area (Å²) in [6, 6.07) is 0. The number of aromatic nitrogens is 2. The number of allylic oxidation sites excluding steroid dienone is 2. The van der Waals surface area contributed by atoms with Crippen LogP contribution in [0.25, 0.3) is 0 Å². The van der Waals surface area contributed by atoms with Crippen LogP contribution < -0.4 is 10.1 Å². The Kier molecular flexibility index (Phi) is 2.02. The Morgan fingerprint density at radius 2 is 2.21 bits per heavy atom. The fourth-order valence-electron chi connectivity index (χ4n) is 1.15. The molecule has 0 radical (unpaired) electrons. The molecule has 0 aromatic carbocycles. The monoisotopic (exact) mass is 187 g/mol. The van der Waals surface area contributed by atoms with E-state index >= 15 is 0 Å². The van der Waals surface area contributed by atoms with Gasteiger partial charge in [0.05, 0.1) is 11.9 Å². The highest BCUT2D eigenvalue weighted by Gasteiger charge is 2.16. The topological polar surface area (TPSA) is 47.0 Å². The molecule has 2 rings (SSSR count). The first-order chi connectivity index (χ1) is 6.85. The summed E-state index contributed by atoms with van der Waals surface area (Å²) in [5.74, 6) is 1.12. The summed E-state index contributed by atoms with van der Waals surface area (Å²) in [5, 5.41) is 3.09. The number of anilines is 1. The zero-order valence-electron chi connectivity index (χ0n) is 7.53. The van der Waals surface area contributed by atoms with E-state index in [1.807, 2.05) is 0 Å². The Morgan fingerprint density at radius 1 is 1.36 bits per heavy atom. The van der Waals surface area contributed by atoms with Gasteiger partial charge in [0.1, 0.15) is 12.0 Å². The second kappa shape index (κ2) is 3.33. The highest BCUT2D eigenvalue weighted by molar-refractivity contribution is 5.61. The molecule has 0 bridgehead atoms. The Hall–Kier alpha value is -2.10. The highest BCUT2D eigenvalue weighted by atomic mass is 16.5. The van der Waals surface area contributed by atoms with Gasteiger partial charge in [-0.2, -0.15) is 4.98 Å². The fraction of sp³-hybridized carbons (Fsp3) is 0. The molecular weight excluding hydrogens is 178 g/mol. The number of nitrogens with one attached hydrogen (secondary N) is 1. The maximum absolute atomic E-state index is 5.46. The van der Waals surface area contributed by atoms with Crippen molar-refractivity contribution in [2.75, 3.05) is 5.32 Å². The first-order valence-electron chi connectivity index (χ1n) is 4.09. The van der Waals surface area contributed by atoms with Gasteiger partial charge in [-0.25, -0.2) is 4.98 Å². The third kappa shape index (κ3) is 1.26. The fourth-order valence-corrected chi connectivity index (χ4v) is 1.15. The Balaban J connectivity index is 2.45. The van der Waals surface area contributed by atoms with Gasteiger partial charge in [-0.3, -0.25) is 0 Å². The van der Waals surface area contributed by atoms with Crippen molar-refractivity contribution in [2.45, 2.75) is 0 Å². The van der Waals surface area contributed by atoms with E-state index in [0.717, 1.165) is 11.4 Å². The third-order valence-electron chi connectivity index (χ3n) is 1.81. The second-order valence-corrected chi connectivity index (χ2v) is 2.65. The molecule has 2 heterocycles. The molecule has 0 saturated heterocycles. The molecule has 0 fully saturated rings. The smallest absolute Gasteiger partial charge is 0.246 e. The van der Waals surface area contributed by atoms with Crippen LogP contribution in [-0.4, -0.2) is 9.97 Å². The number of nitrogens with zero attached hydrogens (tertiary/aromatic N) is 2. The van der Waals surface area contributed by atoms with Gasteiger partial charge in [0.15, 0.2) is 5.76 Å². The van der Waals surface area contributed by atoms with E-state index in [1.54, 1.807) is 18.3 Å². The maximum atomic E-state index is 5.46. The quantitative estimate of drug-likeness (QED) is 0.767. The molecule has 4 nitrogen and oxygen atoms in total. The predicted molar refractivity (Wildman–Crippen MR) is 53.7 cm³/mol. The number of ether oxygens (including phenoxy) is 1. The average molecular weight is 187 g/mol. The van der Waals surface area contributed by atoms with Crippen LogP contribution in [0.3, 0.4) is 0 Å². The van der Waals surface area contributed by atoms with Gasteiger partial charge in [-0.1, -0.05) is 13.2 Å². The molecule has 1 aromatic rings. The molecule has 14 heavy (non-hydrogen) atoms. The highest BCUT2D eigenvalue weighted by Crippen LogP contribution is 2.29. The van der Waals surface area contributed by atoms with Crippen LogP contribution in [0.5, 0.6) is 5.88 Å². The van der Waals surface area contributed by atoms with Crippen LogP contribution in [0, 0.1) is 0 Å². The molecule has 0 spiro atoms. The summed E-state index contributed by atoms with van der Waals surface area (Å²) < 4.78 is 5.46. The standard InChI is InChI=1S/C10H9N3O/c1-3-7-9(4-2)14-10-8(13-7)5-11-6-12-10/h3-6,13H,1-2H2. The number of fused-ring (bicyclic) bond motifs is 1. The molecule has 0 saturated carbocycles. The zero-order chi connectivity index (χ0) is 9.97. The summed E-state index contributed by atoms with van der Waals surface area (Å²) in [7, 11) is 0. The Morgan fingerprint density at radius 3 is 2.93 bits per heavy atom. The second-order valence-electron chi connectivity index (χ2n) is 2.65. The molecule has 1 aliphatic rings. The maximum Gasteiger partial charge on any atom is 0.246 e. The minimum absolute atomic E-state index is 0.500. The predicted octanol–water partition coefficient (Wildman–Crippen LogP) is 1.86. The summed E-state index contributed by atoms with van der Waals surface area (Å²) in [5.41, 5.74) is 1.50. The molecule has 0 amide bonds. The van der Waals surface area contributed by atoms with Gasteiger partial charge in [-0.15, -0.1) is 0 Å². The van der Waals surface area contributed by atoms with Crippen LogP contribution >= 0.6 is 0 Å². The third-order valence-corrected chi connectivity index (χ3v) is 1.81. The van der Waals surface area contributed by atoms with Gasteiger partial charge in [0.2, 0.25) is 5.88 Å². The SMILES string of the molecule is C=CC1=C(C=C)Oc2ncncc2N1. The van der Waals surface area contributed by atoms with Crippen LogP contribution in [0.4, 0.5) is 5.69 Å². The molecule has 1 aromatic heterocycles. The lowest BCUT2D eigenvalue weighted by Crippen LogP contribution is -2.12. The summed E-state index contributed by atoms with van der Waals surface area (Å²) in [6.07, 6.45) is 6.34. The van der Waals surface area contributed by atoms with Gasteiger partial charge in [0, 0.05) is 0 Å². The van der Waals surface area contributed by atoms with Gasteiger partial charge >= 0.3 is 0 Å². The van der Waals surface area contributed by atoms with Gasteiger partial charge in [-0.05, 0) is 12.2 Å². The molecular formula is C10H9N3O. The Labute approximate surface area is 81.6 Å². The molecule has 4 heteroatoms. The minimum atomic E-state index is 0.500. The van der Waals surface area contributed by atoms with Crippen molar-refractivity contribution in [3.05, 3.63) is 49.3 Å². The number of hydrogen-bond donors (Lipinski definition) is 1. The van der Waals surface area contributed by atoms with Crippen molar-refractivity contribution in [3.63, 3.8) is 0 Å². The molecule has 1 aliphatic heterocycles. The lowest BCUT2D eigenvalue weighted by molar-refractivity contribution is 0.417. The van der Waals surface area contributed by atoms with E-state index in [0.29, 0.717) is 11.6 Å². The van der Waals surface area contributed by atoms with E-state index in [1.165, 1.54) is 6.33 Å². The lowest BCUT2D eigenvalue weighted by Gasteiger charge is -2.19.